The third kappa shape index (κ3) is 2.76. The Labute approximate surface area is 110 Å². The van der Waals surface area contributed by atoms with Crippen LogP contribution < -0.4 is 5.32 Å². The van der Waals surface area contributed by atoms with Crippen molar-refractivity contribution >= 4 is 15.9 Å². The van der Waals surface area contributed by atoms with Gasteiger partial charge < -0.3 is 5.32 Å². The number of aryl methyl sites for hydroxylation is 1. The molecule has 0 atom stereocenters. The molecule has 1 heterocycles. The van der Waals surface area contributed by atoms with E-state index in [2.05, 4.69) is 56.6 Å². The maximum Gasteiger partial charge on any atom is 0.0568 e. The van der Waals surface area contributed by atoms with Crippen LogP contribution >= 0.6 is 15.9 Å². The second-order valence-electron chi connectivity index (χ2n) is 4.08. The molecule has 0 aliphatic carbocycles. The van der Waals surface area contributed by atoms with Crippen LogP contribution in [0.1, 0.15) is 11.3 Å². The number of aromatic nitrogens is 2. The summed E-state index contributed by atoms with van der Waals surface area (Å²) >= 11 is 3.52. The van der Waals surface area contributed by atoms with Gasteiger partial charge in [0, 0.05) is 28.7 Å². The van der Waals surface area contributed by atoms with Crippen molar-refractivity contribution < 1.29 is 0 Å². The lowest BCUT2D eigenvalue weighted by atomic mass is 10.0. The Balaban J connectivity index is 2.38. The minimum atomic E-state index is 0.947. The summed E-state index contributed by atoms with van der Waals surface area (Å²) in [6.07, 6.45) is 2.86. The summed E-state index contributed by atoms with van der Waals surface area (Å²) in [5, 5.41) is 10.4. The molecule has 0 saturated heterocycles. The van der Waals surface area contributed by atoms with Crippen LogP contribution in [0.15, 0.2) is 28.9 Å². The fraction of sp³-hybridized carbons (Fsp3) is 0.308. The smallest absolute Gasteiger partial charge is 0.0568 e. The summed E-state index contributed by atoms with van der Waals surface area (Å²) in [6, 6.07) is 6.32. The van der Waals surface area contributed by atoms with Gasteiger partial charge in [0.1, 0.15) is 0 Å². The molecule has 0 spiro atoms. The zero-order valence-corrected chi connectivity index (χ0v) is 11.6. The van der Waals surface area contributed by atoms with Gasteiger partial charge in [0.2, 0.25) is 0 Å². The summed E-state index contributed by atoms with van der Waals surface area (Å²) in [6.45, 7) is 3.07. The molecule has 0 saturated carbocycles. The Kier molecular flexibility index (Phi) is 3.97. The van der Waals surface area contributed by atoms with E-state index in [1.807, 2.05) is 13.2 Å². The topological polar surface area (TPSA) is 40.7 Å². The SMILES string of the molecule is CNCCc1[nH]ncc1-c1cc(Br)ccc1C. The molecule has 0 fully saturated rings. The standard InChI is InChI=1S/C13H16BrN3/c1-9-3-4-10(14)7-11(9)12-8-16-17-13(12)5-6-15-2/h3-4,7-8,15H,5-6H2,1-2H3,(H,16,17). The van der Waals surface area contributed by atoms with Gasteiger partial charge in [0.25, 0.3) is 0 Å². The molecule has 0 bridgehead atoms. The second kappa shape index (κ2) is 5.47. The molecule has 1 aromatic carbocycles. The number of benzene rings is 1. The zero-order chi connectivity index (χ0) is 12.3. The fourth-order valence-corrected chi connectivity index (χ4v) is 2.23. The highest BCUT2D eigenvalue weighted by Gasteiger charge is 2.09. The number of aromatic amines is 1. The maximum atomic E-state index is 4.15. The van der Waals surface area contributed by atoms with E-state index < -0.39 is 0 Å². The first-order valence-electron chi connectivity index (χ1n) is 5.65. The minimum Gasteiger partial charge on any atom is -0.319 e. The lowest BCUT2D eigenvalue weighted by Crippen LogP contribution is -2.11. The van der Waals surface area contributed by atoms with Gasteiger partial charge in [0.05, 0.1) is 6.20 Å². The monoisotopic (exact) mass is 293 g/mol. The molecule has 90 valence electrons. The predicted octanol–water partition coefficient (Wildman–Crippen LogP) is 2.91. The van der Waals surface area contributed by atoms with Crippen molar-refractivity contribution in [1.82, 2.24) is 15.5 Å². The maximum absolute atomic E-state index is 4.15. The molecular formula is C13H16BrN3. The summed E-state index contributed by atoms with van der Waals surface area (Å²) in [5.41, 5.74) is 4.87. The zero-order valence-electron chi connectivity index (χ0n) is 10.0. The number of likely N-dealkylation sites (N-methyl/N-ethyl adjacent to an activating group) is 1. The van der Waals surface area contributed by atoms with Crippen LogP contribution in [-0.4, -0.2) is 23.8 Å². The van der Waals surface area contributed by atoms with E-state index in [1.165, 1.54) is 22.4 Å². The summed E-state index contributed by atoms with van der Waals surface area (Å²) < 4.78 is 1.10. The fourth-order valence-electron chi connectivity index (χ4n) is 1.87. The Morgan fingerprint density at radius 3 is 2.94 bits per heavy atom. The van der Waals surface area contributed by atoms with Crippen molar-refractivity contribution in [1.29, 1.82) is 0 Å². The molecule has 0 aliphatic heterocycles. The van der Waals surface area contributed by atoms with E-state index in [1.54, 1.807) is 0 Å². The van der Waals surface area contributed by atoms with Gasteiger partial charge in [-0.05, 0) is 37.2 Å². The minimum absolute atomic E-state index is 0.947. The largest absolute Gasteiger partial charge is 0.319 e. The number of nitrogens with zero attached hydrogens (tertiary/aromatic N) is 1. The number of nitrogens with one attached hydrogen (secondary N) is 2. The van der Waals surface area contributed by atoms with Crippen LogP contribution in [0.4, 0.5) is 0 Å². The van der Waals surface area contributed by atoms with Crippen molar-refractivity contribution in [3.05, 3.63) is 40.1 Å². The van der Waals surface area contributed by atoms with Gasteiger partial charge in [0.15, 0.2) is 0 Å². The quantitative estimate of drug-likeness (QED) is 0.910. The number of H-pyrrole nitrogens is 1. The highest BCUT2D eigenvalue weighted by atomic mass is 79.9. The Morgan fingerprint density at radius 1 is 1.35 bits per heavy atom. The van der Waals surface area contributed by atoms with E-state index in [0.717, 1.165) is 17.4 Å². The van der Waals surface area contributed by atoms with Crippen LogP contribution in [-0.2, 0) is 6.42 Å². The first kappa shape index (κ1) is 12.3. The van der Waals surface area contributed by atoms with Crippen LogP contribution in [0.3, 0.4) is 0 Å². The third-order valence-electron chi connectivity index (χ3n) is 2.83. The molecule has 4 heteroatoms. The van der Waals surface area contributed by atoms with Crippen LogP contribution in [0.2, 0.25) is 0 Å². The summed E-state index contributed by atoms with van der Waals surface area (Å²) in [4.78, 5) is 0. The van der Waals surface area contributed by atoms with Gasteiger partial charge in [-0.15, -0.1) is 0 Å². The number of hydrogen-bond donors (Lipinski definition) is 2. The van der Waals surface area contributed by atoms with Gasteiger partial charge in [-0.2, -0.15) is 5.10 Å². The molecule has 2 N–H and O–H groups in total. The molecule has 1 aromatic heterocycles. The number of rotatable bonds is 4. The molecule has 2 aromatic rings. The molecule has 0 radical (unpaired) electrons. The lowest BCUT2D eigenvalue weighted by Gasteiger charge is -2.07. The average Bonchev–Trinajstić information content (AvgIpc) is 2.77. The first-order valence-corrected chi connectivity index (χ1v) is 6.45. The predicted molar refractivity (Wildman–Crippen MR) is 74.1 cm³/mol. The molecule has 2 rings (SSSR count). The van der Waals surface area contributed by atoms with Gasteiger partial charge in [-0.25, -0.2) is 0 Å². The number of halogens is 1. The van der Waals surface area contributed by atoms with Crippen molar-refractivity contribution in [2.24, 2.45) is 0 Å². The molecule has 17 heavy (non-hydrogen) atoms. The molecule has 0 amide bonds. The van der Waals surface area contributed by atoms with Crippen LogP contribution in [0.5, 0.6) is 0 Å². The van der Waals surface area contributed by atoms with Gasteiger partial charge in [-0.3, -0.25) is 5.10 Å². The van der Waals surface area contributed by atoms with Crippen LogP contribution in [0.25, 0.3) is 11.1 Å². The molecular weight excluding hydrogens is 278 g/mol. The van der Waals surface area contributed by atoms with Crippen molar-refractivity contribution in [3.8, 4) is 11.1 Å². The van der Waals surface area contributed by atoms with Gasteiger partial charge in [-0.1, -0.05) is 22.0 Å². The van der Waals surface area contributed by atoms with E-state index in [4.69, 9.17) is 0 Å². The summed E-state index contributed by atoms with van der Waals surface area (Å²) in [7, 11) is 1.96. The molecule has 0 aliphatic rings. The van der Waals surface area contributed by atoms with E-state index in [9.17, 15) is 0 Å². The lowest BCUT2D eigenvalue weighted by molar-refractivity contribution is 0.773. The highest BCUT2D eigenvalue weighted by Crippen LogP contribution is 2.28. The number of hydrogen-bond acceptors (Lipinski definition) is 2. The first-order chi connectivity index (χ1) is 8.22. The van der Waals surface area contributed by atoms with E-state index in [-0.39, 0.29) is 0 Å². The van der Waals surface area contributed by atoms with E-state index >= 15 is 0 Å². The Bertz CT molecular complexity index is 505. The summed E-state index contributed by atoms with van der Waals surface area (Å²) in [5.74, 6) is 0. The second-order valence-corrected chi connectivity index (χ2v) is 4.99. The molecule has 0 unspecified atom stereocenters. The van der Waals surface area contributed by atoms with Crippen LogP contribution in [0, 0.1) is 6.92 Å². The van der Waals surface area contributed by atoms with Crippen molar-refractivity contribution in [2.45, 2.75) is 13.3 Å². The van der Waals surface area contributed by atoms with Crippen molar-refractivity contribution in [2.75, 3.05) is 13.6 Å². The van der Waals surface area contributed by atoms with E-state index in [0.29, 0.717) is 0 Å². The highest BCUT2D eigenvalue weighted by molar-refractivity contribution is 9.10. The molecule has 3 nitrogen and oxygen atoms in total. The Morgan fingerprint density at radius 2 is 2.18 bits per heavy atom. The Hall–Kier alpha value is -1.13. The van der Waals surface area contributed by atoms with Crippen molar-refractivity contribution in [3.63, 3.8) is 0 Å². The average molecular weight is 294 g/mol. The third-order valence-corrected chi connectivity index (χ3v) is 3.33. The van der Waals surface area contributed by atoms with Gasteiger partial charge >= 0.3 is 0 Å². The normalized spacial score (nSPS) is 10.8.